The van der Waals surface area contributed by atoms with Gasteiger partial charge in [0.15, 0.2) is 0 Å². The van der Waals surface area contributed by atoms with Crippen molar-refractivity contribution >= 4 is 118 Å². The van der Waals surface area contributed by atoms with Gasteiger partial charge >= 0.3 is 456 Å². The fourth-order valence-electron chi connectivity index (χ4n) is 13.3. The number of hydrogen-bond donors (Lipinski definition) is 0. The number of rotatable bonds is 8. The molecule has 0 saturated carbocycles. The van der Waals surface area contributed by atoms with E-state index in [1.54, 1.807) is 0 Å². The van der Waals surface area contributed by atoms with Crippen LogP contribution in [0.15, 0.2) is 255 Å². The first-order valence-corrected chi connectivity index (χ1v) is 31.4. The summed E-state index contributed by atoms with van der Waals surface area (Å²) in [6, 6.07) is 91.0. The van der Waals surface area contributed by atoms with E-state index >= 15 is 0 Å². The molecule has 0 aliphatic heterocycles. The number of ether oxygens (including phenoxy) is 1. The molecule has 0 fully saturated rings. The zero-order valence-corrected chi connectivity index (χ0v) is 50.4. The van der Waals surface area contributed by atoms with Gasteiger partial charge in [-0.3, -0.25) is 0 Å². The van der Waals surface area contributed by atoms with Crippen molar-refractivity contribution in [3.8, 4) is 56.6 Å². The number of hydrogen-bond acceptors (Lipinski definition) is 4. The number of fused-ring (bicyclic) bond motifs is 13. The molecule has 0 radical (unpaired) electrons. The fourth-order valence-corrected chi connectivity index (χ4v) is 16.6. The summed E-state index contributed by atoms with van der Waals surface area (Å²) < 4.78 is 22.8. The molecule has 17 aromatic rings. The Hall–Kier alpha value is -9.43. The van der Waals surface area contributed by atoms with Crippen molar-refractivity contribution in [3.05, 3.63) is 264 Å². The van der Waals surface area contributed by atoms with E-state index in [4.69, 9.17) is 9.72 Å². The summed E-state index contributed by atoms with van der Waals surface area (Å²) in [5, 5.41) is 9.79. The van der Waals surface area contributed by atoms with Crippen LogP contribution in [0.25, 0.3) is 140 Å². The van der Waals surface area contributed by atoms with Crippen LogP contribution in [0.3, 0.4) is 0 Å². The quantitative estimate of drug-likeness (QED) is 0.152. The van der Waals surface area contributed by atoms with Gasteiger partial charge in [0.2, 0.25) is 0 Å². The molecule has 0 amide bonds. The van der Waals surface area contributed by atoms with Gasteiger partial charge in [-0.15, -0.1) is 0 Å². The van der Waals surface area contributed by atoms with E-state index in [-0.39, 0.29) is 5.41 Å². The molecule has 0 aliphatic carbocycles. The molecule has 408 valence electrons. The van der Waals surface area contributed by atoms with Crippen LogP contribution < -0.4 is 4.74 Å². The topological polar surface area (TPSA) is 41.8 Å². The van der Waals surface area contributed by atoms with E-state index in [0.29, 0.717) is 0 Å². The maximum atomic E-state index is 7.00. The summed E-state index contributed by atoms with van der Waals surface area (Å²) in [6.07, 6.45) is 1.93. The van der Waals surface area contributed by atoms with E-state index < -0.39 is 0 Å². The number of para-hydroxylation sites is 5. The maximum absolute atomic E-state index is 7.00. The molecular weight excluding hydrogens is 1260 g/mol. The van der Waals surface area contributed by atoms with Gasteiger partial charge in [0, 0.05) is 6.20 Å². The van der Waals surface area contributed by atoms with Crippen LogP contribution >= 0.6 is 22.7 Å². The zero-order valence-electron chi connectivity index (χ0n) is 46.5. The van der Waals surface area contributed by atoms with Crippen molar-refractivity contribution in [3.63, 3.8) is 0 Å². The first-order valence-electron chi connectivity index (χ1n) is 28.7. The van der Waals surface area contributed by atoms with E-state index in [1.807, 2.05) is 28.9 Å². The number of aromatic nitrogens is 5. The van der Waals surface area contributed by atoms with Gasteiger partial charge in [0.25, 0.3) is 0 Å². The molecule has 85 heavy (non-hydrogen) atoms. The Morgan fingerprint density at radius 2 is 0.847 bits per heavy atom. The van der Waals surface area contributed by atoms with Crippen LogP contribution in [-0.2, 0) is 24.8 Å². The second kappa shape index (κ2) is 19.3. The molecular formula is C76H51N5OPtS2. The average Bonchev–Trinajstić information content (AvgIpc) is 3.17. The van der Waals surface area contributed by atoms with Gasteiger partial charge in [-0.25, -0.2) is 0 Å². The SMILES string of the molecule is CC(C)(C)c1ccnc(-n2c3ccccc3c3ccc(Oc4cccc(-n5[c](=[Pt])n(-c6c(-c7cccc8sc9ccccc9c78)cc(-n7c8ccccc8c8ccccc87)cc6-c6cccc7sc8ccccc8c67)c6ccccc65)c4)cc32)c1. The standard InChI is InChI=1S/C76H51N5OS2.Pt/c1-76(2,3)47-39-40-77-72(41-47)81-64-30-11-6-23-54(64)55-38-37-51(45-67(55)81)82-50-20-16-19-48(42-50)78-46-79(66-32-13-12-31-65(66)78)75-60(56-26-17-35-70-73(56)58-24-7-14-33-68(58)83-70)43-49(80-62-28-9-4-21-52(62)53-22-5-10-29-63(53)80)44-61(75)57-27-18-36-71-74(57)59-25-8-15-34-69(59)84-71;/h4-45H,1-3H3;. The molecule has 6 nitrogen and oxygen atoms in total. The number of pyridine rings is 1. The predicted molar refractivity (Wildman–Crippen MR) is 354 cm³/mol. The third-order valence-corrected chi connectivity index (χ3v) is 20.3. The van der Waals surface area contributed by atoms with Crippen molar-refractivity contribution in [1.82, 2.24) is 23.3 Å². The normalized spacial score (nSPS) is 12.2. The second-order valence-corrected chi connectivity index (χ2v) is 26.2. The average molecular weight is 1310 g/mol. The summed E-state index contributed by atoms with van der Waals surface area (Å²) in [5.41, 5.74) is 15.6. The first kappa shape index (κ1) is 50.1. The Kier molecular flexibility index (Phi) is 11.4. The summed E-state index contributed by atoms with van der Waals surface area (Å²) in [4.78, 5) is 4.96. The van der Waals surface area contributed by atoms with Crippen LogP contribution in [0.5, 0.6) is 11.5 Å². The van der Waals surface area contributed by atoms with Gasteiger partial charge in [-0.05, 0) is 17.0 Å². The molecule has 6 heterocycles. The summed E-state index contributed by atoms with van der Waals surface area (Å²) >= 11 is 6.32. The first-order chi connectivity index (χ1) is 41.7. The van der Waals surface area contributed by atoms with E-state index in [1.165, 1.54) is 73.2 Å². The Balaban J connectivity index is 0.921. The molecule has 9 heteroatoms. The van der Waals surface area contributed by atoms with Gasteiger partial charge in [0.1, 0.15) is 0 Å². The van der Waals surface area contributed by atoms with Crippen LogP contribution in [0.1, 0.15) is 26.3 Å². The van der Waals surface area contributed by atoms with Crippen molar-refractivity contribution < 1.29 is 24.1 Å². The number of benzene rings is 11. The van der Waals surface area contributed by atoms with Gasteiger partial charge < -0.3 is 0 Å². The molecule has 11 aromatic carbocycles. The Morgan fingerprint density at radius 3 is 1.44 bits per heavy atom. The molecule has 0 saturated heterocycles. The molecule has 0 atom stereocenters. The van der Waals surface area contributed by atoms with Crippen molar-refractivity contribution in [2.24, 2.45) is 0 Å². The van der Waals surface area contributed by atoms with Crippen LogP contribution in [0, 0.1) is 3.80 Å². The Morgan fingerprint density at radius 1 is 0.365 bits per heavy atom. The van der Waals surface area contributed by atoms with Crippen molar-refractivity contribution in [2.45, 2.75) is 26.2 Å². The molecule has 6 aromatic heterocycles. The predicted octanol–water partition coefficient (Wildman–Crippen LogP) is 21.2. The van der Waals surface area contributed by atoms with E-state index in [9.17, 15) is 0 Å². The van der Waals surface area contributed by atoms with Crippen LogP contribution in [-0.4, -0.2) is 23.3 Å². The fraction of sp³-hybridized carbons (Fsp3) is 0.0526. The van der Waals surface area contributed by atoms with Crippen molar-refractivity contribution in [2.75, 3.05) is 0 Å². The molecule has 0 aliphatic rings. The Labute approximate surface area is 508 Å². The van der Waals surface area contributed by atoms with Gasteiger partial charge in [0.05, 0.1) is 0 Å². The monoisotopic (exact) mass is 1310 g/mol. The zero-order chi connectivity index (χ0) is 56.7. The van der Waals surface area contributed by atoms with Crippen LogP contribution in [0.4, 0.5) is 0 Å². The van der Waals surface area contributed by atoms with Gasteiger partial charge in [-0.2, -0.15) is 0 Å². The Bertz CT molecular complexity index is 5500. The molecule has 0 N–H and O–H groups in total. The van der Waals surface area contributed by atoms with Gasteiger partial charge in [-0.1, -0.05) is 32.9 Å². The number of imidazole rings is 1. The number of thiophene rings is 2. The summed E-state index contributed by atoms with van der Waals surface area (Å²) in [6.45, 7) is 6.74. The summed E-state index contributed by atoms with van der Waals surface area (Å²) in [7, 11) is 0. The van der Waals surface area contributed by atoms with E-state index in [0.717, 1.165) is 87.8 Å². The second-order valence-electron chi connectivity index (χ2n) is 23.0. The minimum atomic E-state index is -0.0381. The molecule has 0 spiro atoms. The number of nitrogens with zero attached hydrogens (tertiary/aromatic N) is 5. The third-order valence-electron chi connectivity index (χ3n) is 17.0. The molecule has 0 bridgehead atoms. The third kappa shape index (κ3) is 7.86. The molecule has 0 unspecified atom stereocenters. The van der Waals surface area contributed by atoms with E-state index in [2.05, 4.69) is 307 Å². The summed E-state index contributed by atoms with van der Waals surface area (Å²) in [5.74, 6) is 2.36. The molecule has 17 rings (SSSR count). The van der Waals surface area contributed by atoms with Crippen molar-refractivity contribution in [1.29, 1.82) is 0 Å². The minimum absolute atomic E-state index is 0.0381. The van der Waals surface area contributed by atoms with Crippen LogP contribution in [0.2, 0.25) is 0 Å².